The SMILES string of the molecule is CCCN(C(=O)OC(C)C)C1(CN)CCCCC1. The Kier molecular flexibility index (Phi) is 5.93. The Labute approximate surface area is 111 Å². The van der Waals surface area contributed by atoms with Gasteiger partial charge < -0.3 is 15.4 Å². The lowest BCUT2D eigenvalue weighted by Crippen LogP contribution is -2.57. The fraction of sp³-hybridized carbons (Fsp3) is 0.929. The molecular formula is C14H28N2O2. The second-order valence-electron chi connectivity index (χ2n) is 5.57. The zero-order valence-electron chi connectivity index (χ0n) is 12.1. The molecule has 106 valence electrons. The van der Waals surface area contributed by atoms with Crippen LogP contribution in [-0.4, -0.2) is 35.7 Å². The largest absolute Gasteiger partial charge is 0.447 e. The Morgan fingerprint density at radius 3 is 2.39 bits per heavy atom. The van der Waals surface area contributed by atoms with Crippen LogP contribution >= 0.6 is 0 Å². The fourth-order valence-electron chi connectivity index (χ4n) is 2.81. The molecule has 1 saturated carbocycles. The van der Waals surface area contributed by atoms with Gasteiger partial charge in [-0.05, 0) is 33.1 Å². The standard InChI is InChI=1S/C14H28N2O2/c1-4-10-16(13(17)18-12(2)3)14(11-15)8-6-5-7-9-14/h12H,4-11,15H2,1-3H3. The summed E-state index contributed by atoms with van der Waals surface area (Å²) >= 11 is 0. The summed E-state index contributed by atoms with van der Waals surface area (Å²) in [5.74, 6) is 0. The van der Waals surface area contributed by atoms with Crippen LogP contribution in [0.3, 0.4) is 0 Å². The molecule has 0 saturated heterocycles. The molecule has 0 aromatic carbocycles. The first kappa shape index (κ1) is 15.3. The summed E-state index contributed by atoms with van der Waals surface area (Å²) in [5.41, 5.74) is 5.82. The van der Waals surface area contributed by atoms with Crippen LogP contribution in [-0.2, 0) is 4.74 Å². The number of rotatable bonds is 5. The Bertz CT molecular complexity index is 261. The van der Waals surface area contributed by atoms with Crippen molar-refractivity contribution in [2.24, 2.45) is 5.73 Å². The number of carbonyl (C=O) groups excluding carboxylic acids is 1. The van der Waals surface area contributed by atoms with Crippen LogP contribution in [0.5, 0.6) is 0 Å². The second kappa shape index (κ2) is 6.98. The van der Waals surface area contributed by atoms with Gasteiger partial charge in [0.25, 0.3) is 0 Å². The quantitative estimate of drug-likeness (QED) is 0.823. The highest BCUT2D eigenvalue weighted by Gasteiger charge is 2.40. The lowest BCUT2D eigenvalue weighted by Gasteiger charge is -2.45. The van der Waals surface area contributed by atoms with Gasteiger partial charge in [-0.2, -0.15) is 0 Å². The smallest absolute Gasteiger partial charge is 0.410 e. The maximum Gasteiger partial charge on any atom is 0.410 e. The number of nitrogens with two attached hydrogens (primary N) is 1. The van der Waals surface area contributed by atoms with E-state index in [0.717, 1.165) is 38.6 Å². The summed E-state index contributed by atoms with van der Waals surface area (Å²) in [4.78, 5) is 14.2. The Morgan fingerprint density at radius 2 is 1.94 bits per heavy atom. The summed E-state index contributed by atoms with van der Waals surface area (Å²) in [5, 5.41) is 0. The summed E-state index contributed by atoms with van der Waals surface area (Å²) in [6.07, 6.45) is 6.26. The van der Waals surface area contributed by atoms with Crippen LogP contribution in [0.15, 0.2) is 0 Å². The van der Waals surface area contributed by atoms with Gasteiger partial charge in [0.05, 0.1) is 11.6 Å². The van der Waals surface area contributed by atoms with Crippen LogP contribution < -0.4 is 5.73 Å². The van der Waals surface area contributed by atoms with Crippen molar-refractivity contribution in [1.29, 1.82) is 0 Å². The van der Waals surface area contributed by atoms with Crippen LogP contribution in [0.2, 0.25) is 0 Å². The zero-order valence-corrected chi connectivity index (χ0v) is 12.1. The average molecular weight is 256 g/mol. The molecule has 0 aliphatic heterocycles. The van der Waals surface area contributed by atoms with Crippen molar-refractivity contribution in [2.45, 2.75) is 70.9 Å². The molecule has 0 bridgehead atoms. The van der Waals surface area contributed by atoms with Gasteiger partial charge >= 0.3 is 6.09 Å². The molecule has 0 aromatic heterocycles. The van der Waals surface area contributed by atoms with E-state index in [2.05, 4.69) is 6.92 Å². The first-order valence-electron chi connectivity index (χ1n) is 7.24. The van der Waals surface area contributed by atoms with Crippen molar-refractivity contribution >= 4 is 6.09 Å². The Hall–Kier alpha value is -0.770. The maximum atomic E-state index is 12.3. The van der Waals surface area contributed by atoms with Gasteiger partial charge in [-0.25, -0.2) is 4.79 Å². The minimum absolute atomic E-state index is 0.0738. The molecule has 18 heavy (non-hydrogen) atoms. The first-order chi connectivity index (χ1) is 8.55. The highest BCUT2D eigenvalue weighted by molar-refractivity contribution is 5.69. The van der Waals surface area contributed by atoms with E-state index in [4.69, 9.17) is 10.5 Å². The van der Waals surface area contributed by atoms with Gasteiger partial charge in [0.15, 0.2) is 0 Å². The van der Waals surface area contributed by atoms with E-state index >= 15 is 0 Å². The molecule has 0 spiro atoms. The van der Waals surface area contributed by atoms with Crippen molar-refractivity contribution in [2.75, 3.05) is 13.1 Å². The molecule has 1 rings (SSSR count). The number of ether oxygens (including phenoxy) is 1. The molecule has 1 amide bonds. The Morgan fingerprint density at radius 1 is 1.33 bits per heavy atom. The third-order valence-corrected chi connectivity index (χ3v) is 3.74. The van der Waals surface area contributed by atoms with Crippen LogP contribution in [0.25, 0.3) is 0 Å². The first-order valence-corrected chi connectivity index (χ1v) is 7.24. The number of nitrogens with zero attached hydrogens (tertiary/aromatic N) is 1. The van der Waals surface area contributed by atoms with Crippen LogP contribution in [0.4, 0.5) is 4.79 Å². The lowest BCUT2D eigenvalue weighted by atomic mass is 9.80. The zero-order chi connectivity index (χ0) is 13.6. The van der Waals surface area contributed by atoms with Crippen molar-refractivity contribution in [3.05, 3.63) is 0 Å². The van der Waals surface area contributed by atoms with Crippen molar-refractivity contribution in [3.8, 4) is 0 Å². The number of carbonyl (C=O) groups is 1. The highest BCUT2D eigenvalue weighted by atomic mass is 16.6. The van der Waals surface area contributed by atoms with Gasteiger partial charge in [0.2, 0.25) is 0 Å². The summed E-state index contributed by atoms with van der Waals surface area (Å²) in [6.45, 7) is 7.14. The molecule has 1 fully saturated rings. The second-order valence-corrected chi connectivity index (χ2v) is 5.57. The molecule has 0 heterocycles. The number of hydrogen-bond donors (Lipinski definition) is 1. The van der Waals surface area contributed by atoms with E-state index in [-0.39, 0.29) is 17.7 Å². The molecule has 0 unspecified atom stereocenters. The monoisotopic (exact) mass is 256 g/mol. The number of amides is 1. The van der Waals surface area contributed by atoms with Gasteiger partial charge in [0, 0.05) is 13.1 Å². The predicted octanol–water partition coefficient (Wildman–Crippen LogP) is 2.91. The van der Waals surface area contributed by atoms with Crippen molar-refractivity contribution < 1.29 is 9.53 Å². The fourth-order valence-corrected chi connectivity index (χ4v) is 2.81. The van der Waals surface area contributed by atoms with Gasteiger partial charge in [0.1, 0.15) is 0 Å². The molecular weight excluding hydrogens is 228 g/mol. The molecule has 1 aliphatic carbocycles. The molecule has 0 radical (unpaired) electrons. The molecule has 0 aromatic rings. The Balaban J connectivity index is 2.82. The topological polar surface area (TPSA) is 55.6 Å². The third-order valence-electron chi connectivity index (χ3n) is 3.74. The predicted molar refractivity (Wildman–Crippen MR) is 73.5 cm³/mol. The van der Waals surface area contributed by atoms with E-state index in [9.17, 15) is 4.79 Å². The van der Waals surface area contributed by atoms with Gasteiger partial charge in [-0.3, -0.25) is 0 Å². The highest BCUT2D eigenvalue weighted by Crippen LogP contribution is 2.33. The minimum atomic E-state index is -0.195. The lowest BCUT2D eigenvalue weighted by molar-refractivity contribution is 0.0198. The molecule has 0 atom stereocenters. The minimum Gasteiger partial charge on any atom is -0.447 e. The van der Waals surface area contributed by atoms with Crippen molar-refractivity contribution in [3.63, 3.8) is 0 Å². The third kappa shape index (κ3) is 3.61. The maximum absolute atomic E-state index is 12.3. The normalized spacial score (nSPS) is 18.7. The van der Waals surface area contributed by atoms with E-state index in [0.29, 0.717) is 6.54 Å². The van der Waals surface area contributed by atoms with E-state index in [1.54, 1.807) is 0 Å². The molecule has 4 nitrogen and oxygen atoms in total. The van der Waals surface area contributed by atoms with E-state index in [1.165, 1.54) is 6.42 Å². The summed E-state index contributed by atoms with van der Waals surface area (Å²) in [6, 6.07) is 0. The average Bonchev–Trinajstić information content (AvgIpc) is 2.35. The van der Waals surface area contributed by atoms with Crippen LogP contribution in [0.1, 0.15) is 59.3 Å². The molecule has 4 heteroatoms. The summed E-state index contributed by atoms with van der Waals surface area (Å²) in [7, 11) is 0. The van der Waals surface area contributed by atoms with Gasteiger partial charge in [-0.15, -0.1) is 0 Å². The summed E-state index contributed by atoms with van der Waals surface area (Å²) < 4.78 is 5.38. The molecule has 2 N–H and O–H groups in total. The van der Waals surface area contributed by atoms with Crippen molar-refractivity contribution in [1.82, 2.24) is 4.90 Å². The molecule has 1 aliphatic rings. The van der Waals surface area contributed by atoms with Gasteiger partial charge in [-0.1, -0.05) is 26.2 Å². The van der Waals surface area contributed by atoms with E-state index < -0.39 is 0 Å². The van der Waals surface area contributed by atoms with Crippen LogP contribution in [0, 0.1) is 0 Å². The number of hydrogen-bond acceptors (Lipinski definition) is 3. The van der Waals surface area contributed by atoms with E-state index in [1.807, 2.05) is 18.7 Å².